The van der Waals surface area contributed by atoms with Gasteiger partial charge in [0.15, 0.2) is 0 Å². The molecule has 9 heteroatoms. The SMILES string of the molecule is CNC(=O)N1CCn2c(C3CC3)nc(-c3cccc4nc(N5CCOCC5)c(C#N)cc34)c2C1. The molecule has 0 spiro atoms. The number of nitrogens with one attached hydrogen (secondary N) is 1. The Morgan fingerprint density at radius 2 is 2.00 bits per heavy atom. The number of rotatable bonds is 3. The van der Waals surface area contributed by atoms with Gasteiger partial charge in [-0.05, 0) is 25.0 Å². The van der Waals surface area contributed by atoms with Gasteiger partial charge in [0.05, 0.1) is 42.2 Å². The van der Waals surface area contributed by atoms with Crippen LogP contribution in [0.15, 0.2) is 24.3 Å². The van der Waals surface area contributed by atoms with E-state index in [-0.39, 0.29) is 6.03 Å². The van der Waals surface area contributed by atoms with Crippen molar-refractivity contribution in [3.8, 4) is 17.3 Å². The monoisotopic (exact) mass is 457 g/mol. The van der Waals surface area contributed by atoms with Crippen LogP contribution in [0.25, 0.3) is 22.2 Å². The van der Waals surface area contributed by atoms with E-state index in [1.807, 2.05) is 23.1 Å². The molecule has 3 aromatic rings. The first-order valence-corrected chi connectivity index (χ1v) is 11.9. The molecule has 4 heterocycles. The minimum atomic E-state index is -0.0760. The second-order valence-electron chi connectivity index (χ2n) is 9.11. The number of nitriles is 1. The van der Waals surface area contributed by atoms with E-state index >= 15 is 0 Å². The van der Waals surface area contributed by atoms with E-state index in [1.54, 1.807) is 7.05 Å². The molecule has 0 bridgehead atoms. The number of benzene rings is 1. The maximum absolute atomic E-state index is 12.4. The van der Waals surface area contributed by atoms with Gasteiger partial charge in [0.25, 0.3) is 0 Å². The second kappa shape index (κ2) is 8.29. The lowest BCUT2D eigenvalue weighted by Crippen LogP contribution is -2.43. The van der Waals surface area contributed by atoms with Crippen molar-refractivity contribution in [1.29, 1.82) is 5.26 Å². The van der Waals surface area contributed by atoms with E-state index in [4.69, 9.17) is 14.7 Å². The molecule has 9 nitrogen and oxygen atoms in total. The van der Waals surface area contributed by atoms with Crippen molar-refractivity contribution in [3.05, 3.63) is 41.3 Å². The zero-order valence-corrected chi connectivity index (χ0v) is 19.3. The zero-order valence-electron chi connectivity index (χ0n) is 19.3. The van der Waals surface area contributed by atoms with E-state index in [1.165, 1.54) is 0 Å². The Bertz CT molecular complexity index is 1320. The van der Waals surface area contributed by atoms with Gasteiger partial charge < -0.3 is 24.4 Å². The summed E-state index contributed by atoms with van der Waals surface area (Å²) in [5.41, 5.74) is 4.31. The van der Waals surface area contributed by atoms with Crippen molar-refractivity contribution in [1.82, 2.24) is 24.8 Å². The number of fused-ring (bicyclic) bond motifs is 2. The number of carbonyl (C=O) groups is 1. The molecule has 0 atom stereocenters. The molecule has 2 aromatic heterocycles. The second-order valence-corrected chi connectivity index (χ2v) is 9.11. The Morgan fingerprint density at radius 1 is 1.18 bits per heavy atom. The van der Waals surface area contributed by atoms with Crippen LogP contribution in [-0.2, 0) is 17.8 Å². The number of aromatic nitrogens is 3. The summed E-state index contributed by atoms with van der Waals surface area (Å²) < 4.78 is 7.79. The molecule has 1 saturated carbocycles. The highest BCUT2D eigenvalue weighted by Crippen LogP contribution is 2.43. The van der Waals surface area contributed by atoms with Crippen LogP contribution >= 0.6 is 0 Å². The van der Waals surface area contributed by atoms with Crippen LogP contribution in [0.1, 0.15) is 35.8 Å². The van der Waals surface area contributed by atoms with Gasteiger partial charge in [-0.15, -0.1) is 0 Å². The number of hydrogen-bond donors (Lipinski definition) is 1. The number of hydrogen-bond acceptors (Lipinski definition) is 6. The molecule has 3 aliphatic rings. The van der Waals surface area contributed by atoms with Crippen LogP contribution in [-0.4, -0.2) is 65.4 Å². The summed E-state index contributed by atoms with van der Waals surface area (Å²) in [7, 11) is 1.66. The van der Waals surface area contributed by atoms with Crippen LogP contribution in [0.4, 0.5) is 10.6 Å². The van der Waals surface area contributed by atoms with E-state index in [2.05, 4.69) is 26.9 Å². The van der Waals surface area contributed by atoms with Gasteiger partial charge in [0.2, 0.25) is 0 Å². The lowest BCUT2D eigenvalue weighted by Gasteiger charge is -2.29. The predicted molar refractivity (Wildman–Crippen MR) is 128 cm³/mol. The Labute approximate surface area is 197 Å². The van der Waals surface area contributed by atoms with Crippen molar-refractivity contribution in [2.24, 2.45) is 0 Å². The highest BCUT2D eigenvalue weighted by Gasteiger charge is 2.34. The number of pyridine rings is 1. The first kappa shape index (κ1) is 20.9. The van der Waals surface area contributed by atoms with Crippen LogP contribution in [0, 0.1) is 11.3 Å². The maximum atomic E-state index is 12.4. The number of morpholine rings is 1. The van der Waals surface area contributed by atoms with Crippen molar-refractivity contribution in [2.75, 3.05) is 44.8 Å². The van der Waals surface area contributed by atoms with Gasteiger partial charge in [0.1, 0.15) is 17.7 Å². The van der Waals surface area contributed by atoms with Gasteiger partial charge in [-0.3, -0.25) is 0 Å². The lowest BCUT2D eigenvalue weighted by molar-refractivity contribution is 0.122. The summed E-state index contributed by atoms with van der Waals surface area (Å²) in [4.78, 5) is 26.4. The average molecular weight is 458 g/mol. The maximum Gasteiger partial charge on any atom is 0.317 e. The largest absolute Gasteiger partial charge is 0.378 e. The van der Waals surface area contributed by atoms with E-state index in [0.29, 0.717) is 43.6 Å². The van der Waals surface area contributed by atoms with E-state index < -0.39 is 0 Å². The minimum absolute atomic E-state index is 0.0760. The summed E-state index contributed by atoms with van der Waals surface area (Å²) in [5.74, 6) is 2.33. The van der Waals surface area contributed by atoms with Crippen LogP contribution in [0.3, 0.4) is 0 Å². The summed E-state index contributed by atoms with van der Waals surface area (Å²) >= 11 is 0. The molecular formula is C25H27N7O2. The van der Waals surface area contributed by atoms with Crippen LogP contribution in [0.2, 0.25) is 0 Å². The van der Waals surface area contributed by atoms with Crippen molar-refractivity contribution < 1.29 is 9.53 Å². The van der Waals surface area contributed by atoms with E-state index in [9.17, 15) is 10.1 Å². The molecule has 1 aliphatic carbocycles. The smallest absolute Gasteiger partial charge is 0.317 e. The minimum Gasteiger partial charge on any atom is -0.378 e. The molecule has 6 rings (SSSR count). The number of amides is 2. The standard InChI is InChI=1S/C25H27N7O2/c1-27-25(33)31-7-8-32-21(15-31)22(29-24(32)16-5-6-16)18-3-2-4-20-19(18)13-17(14-26)23(28-20)30-9-11-34-12-10-30/h2-4,13,16H,5-12,15H2,1H3,(H,27,33). The molecule has 0 unspecified atom stereocenters. The third-order valence-corrected chi connectivity index (χ3v) is 7.01. The van der Waals surface area contributed by atoms with Crippen molar-refractivity contribution in [2.45, 2.75) is 31.8 Å². The van der Waals surface area contributed by atoms with Gasteiger partial charge in [-0.1, -0.05) is 12.1 Å². The first-order chi connectivity index (χ1) is 16.7. The van der Waals surface area contributed by atoms with Gasteiger partial charge >= 0.3 is 6.03 Å². The molecule has 0 radical (unpaired) electrons. The molecular weight excluding hydrogens is 430 g/mol. The van der Waals surface area contributed by atoms with Gasteiger partial charge in [-0.2, -0.15) is 5.26 Å². The molecule has 2 amide bonds. The zero-order chi connectivity index (χ0) is 23.2. The Hall–Kier alpha value is -3.64. The molecule has 1 N–H and O–H groups in total. The molecule has 2 fully saturated rings. The lowest BCUT2D eigenvalue weighted by atomic mass is 10.0. The molecule has 1 saturated heterocycles. The Kier molecular flexibility index (Phi) is 5.11. The summed E-state index contributed by atoms with van der Waals surface area (Å²) in [6, 6.07) is 10.3. The number of carbonyl (C=O) groups excluding carboxylic acids is 1. The molecule has 174 valence electrons. The summed E-state index contributed by atoms with van der Waals surface area (Å²) in [6.07, 6.45) is 2.32. The number of anilines is 1. The fourth-order valence-electron chi connectivity index (χ4n) is 5.09. The van der Waals surface area contributed by atoms with Gasteiger partial charge in [0, 0.05) is 50.1 Å². The third kappa shape index (κ3) is 3.46. The normalized spacial score (nSPS) is 18.0. The topological polar surface area (TPSA) is 99.3 Å². The molecule has 34 heavy (non-hydrogen) atoms. The predicted octanol–water partition coefficient (Wildman–Crippen LogP) is 2.84. The number of imidazole rings is 1. The number of nitrogens with zero attached hydrogens (tertiary/aromatic N) is 6. The van der Waals surface area contributed by atoms with Gasteiger partial charge in [-0.25, -0.2) is 14.8 Å². The Balaban J connectivity index is 1.49. The van der Waals surface area contributed by atoms with Crippen LogP contribution in [0.5, 0.6) is 0 Å². The number of ether oxygens (including phenoxy) is 1. The van der Waals surface area contributed by atoms with Crippen molar-refractivity contribution >= 4 is 22.8 Å². The van der Waals surface area contributed by atoms with Crippen LogP contribution < -0.4 is 10.2 Å². The van der Waals surface area contributed by atoms with Crippen molar-refractivity contribution in [3.63, 3.8) is 0 Å². The summed E-state index contributed by atoms with van der Waals surface area (Å²) in [5, 5.41) is 13.6. The Morgan fingerprint density at radius 3 is 2.74 bits per heavy atom. The highest BCUT2D eigenvalue weighted by molar-refractivity contribution is 5.96. The molecule has 2 aliphatic heterocycles. The number of urea groups is 1. The quantitative estimate of drug-likeness (QED) is 0.649. The molecule has 1 aromatic carbocycles. The highest BCUT2D eigenvalue weighted by atomic mass is 16.5. The third-order valence-electron chi connectivity index (χ3n) is 7.01. The average Bonchev–Trinajstić information content (AvgIpc) is 3.67. The first-order valence-electron chi connectivity index (χ1n) is 11.9. The fourth-order valence-corrected chi connectivity index (χ4v) is 5.09. The van der Waals surface area contributed by atoms with E-state index in [0.717, 1.165) is 66.2 Å². The summed E-state index contributed by atoms with van der Waals surface area (Å²) in [6.45, 7) is 4.64. The fraction of sp³-hybridized carbons (Fsp3) is 0.440.